The van der Waals surface area contributed by atoms with E-state index in [9.17, 15) is 4.79 Å². The lowest BCUT2D eigenvalue weighted by Gasteiger charge is -2.20. The van der Waals surface area contributed by atoms with Crippen LogP contribution in [0.25, 0.3) is 0 Å². The van der Waals surface area contributed by atoms with E-state index >= 15 is 0 Å². The van der Waals surface area contributed by atoms with Crippen molar-refractivity contribution in [3.8, 4) is 0 Å². The van der Waals surface area contributed by atoms with Crippen LogP contribution in [0.5, 0.6) is 0 Å². The summed E-state index contributed by atoms with van der Waals surface area (Å²) < 4.78 is 0. The van der Waals surface area contributed by atoms with Gasteiger partial charge in [0.25, 0.3) is 0 Å². The minimum atomic E-state index is -0.905. The molecular formula is C9H19N3O2. The Labute approximate surface area is 84.3 Å². The summed E-state index contributed by atoms with van der Waals surface area (Å²) in [5.41, 5.74) is 5.43. The van der Waals surface area contributed by atoms with Crippen LogP contribution in [0.4, 0.5) is 0 Å². The maximum atomic E-state index is 10.5. The highest BCUT2D eigenvalue weighted by molar-refractivity contribution is 5.72. The number of hydrogen-bond donors (Lipinski definition) is 3. The van der Waals surface area contributed by atoms with Crippen LogP contribution in [0.15, 0.2) is 0 Å². The molecule has 5 nitrogen and oxygen atoms in total. The molecule has 0 aromatic carbocycles. The number of aliphatic carboxylic acids is 1. The molecule has 0 bridgehead atoms. The quantitative estimate of drug-likeness (QED) is 0.548. The van der Waals surface area contributed by atoms with Gasteiger partial charge in [0.1, 0.15) is 6.04 Å². The van der Waals surface area contributed by atoms with Crippen molar-refractivity contribution in [2.75, 3.05) is 32.7 Å². The van der Waals surface area contributed by atoms with Gasteiger partial charge >= 0.3 is 5.97 Å². The molecule has 5 heteroatoms. The Morgan fingerprint density at radius 3 is 3.00 bits per heavy atom. The van der Waals surface area contributed by atoms with Gasteiger partial charge in [-0.05, 0) is 25.9 Å². The van der Waals surface area contributed by atoms with E-state index in [1.807, 2.05) is 0 Å². The zero-order chi connectivity index (χ0) is 10.4. The predicted molar refractivity (Wildman–Crippen MR) is 54.2 cm³/mol. The summed E-state index contributed by atoms with van der Waals surface area (Å²) in [7, 11) is 0. The van der Waals surface area contributed by atoms with Crippen molar-refractivity contribution in [2.24, 2.45) is 5.73 Å². The summed E-state index contributed by atoms with van der Waals surface area (Å²) >= 11 is 0. The minimum absolute atomic E-state index is 0.537. The van der Waals surface area contributed by atoms with Gasteiger partial charge in [-0.25, -0.2) is 0 Å². The first-order valence-electron chi connectivity index (χ1n) is 5.11. The van der Waals surface area contributed by atoms with Gasteiger partial charge in [-0.15, -0.1) is 0 Å². The third kappa shape index (κ3) is 4.04. The topological polar surface area (TPSA) is 78.6 Å². The van der Waals surface area contributed by atoms with Gasteiger partial charge < -0.3 is 21.1 Å². The number of nitrogens with zero attached hydrogens (tertiary/aromatic N) is 1. The first kappa shape index (κ1) is 11.4. The lowest BCUT2D eigenvalue weighted by Crippen LogP contribution is -2.36. The first-order valence-corrected chi connectivity index (χ1v) is 5.11. The molecule has 0 amide bonds. The summed E-state index contributed by atoms with van der Waals surface area (Å²) in [5, 5.41) is 11.9. The molecule has 14 heavy (non-hydrogen) atoms. The number of carbonyl (C=O) groups is 1. The molecule has 1 aliphatic heterocycles. The lowest BCUT2D eigenvalue weighted by molar-refractivity contribution is -0.138. The molecule has 82 valence electrons. The van der Waals surface area contributed by atoms with Crippen LogP contribution in [0, 0.1) is 0 Å². The SMILES string of the molecule is NC(CCN1CCCNCC1)C(=O)O. The highest BCUT2D eigenvalue weighted by Gasteiger charge is 2.14. The van der Waals surface area contributed by atoms with Crippen LogP contribution in [-0.2, 0) is 4.79 Å². The van der Waals surface area contributed by atoms with E-state index in [0.29, 0.717) is 6.42 Å². The Bertz CT molecular complexity index is 179. The second-order valence-electron chi connectivity index (χ2n) is 3.68. The predicted octanol–water partition coefficient (Wildman–Crippen LogP) is -0.916. The van der Waals surface area contributed by atoms with Gasteiger partial charge in [-0.1, -0.05) is 0 Å². The maximum absolute atomic E-state index is 10.5. The smallest absolute Gasteiger partial charge is 0.320 e. The fraction of sp³-hybridized carbons (Fsp3) is 0.889. The van der Waals surface area contributed by atoms with Crippen LogP contribution >= 0.6 is 0 Å². The molecule has 1 aliphatic rings. The second kappa shape index (κ2) is 5.95. The third-order valence-corrected chi connectivity index (χ3v) is 2.51. The van der Waals surface area contributed by atoms with E-state index < -0.39 is 12.0 Å². The molecule has 1 heterocycles. The molecular weight excluding hydrogens is 182 g/mol. The van der Waals surface area contributed by atoms with Gasteiger partial charge in [0.2, 0.25) is 0 Å². The van der Waals surface area contributed by atoms with Gasteiger partial charge in [-0.3, -0.25) is 4.79 Å². The van der Waals surface area contributed by atoms with Gasteiger partial charge in [-0.2, -0.15) is 0 Å². The van der Waals surface area contributed by atoms with Crippen molar-refractivity contribution in [1.29, 1.82) is 0 Å². The molecule has 0 aliphatic carbocycles. The molecule has 1 atom stereocenters. The number of nitrogens with two attached hydrogens (primary N) is 1. The lowest BCUT2D eigenvalue weighted by atomic mass is 10.2. The second-order valence-corrected chi connectivity index (χ2v) is 3.68. The van der Waals surface area contributed by atoms with Crippen molar-refractivity contribution in [2.45, 2.75) is 18.9 Å². The Hall–Kier alpha value is -0.650. The number of hydrogen-bond acceptors (Lipinski definition) is 4. The number of carboxylic acids is 1. The first-order chi connectivity index (χ1) is 6.70. The van der Waals surface area contributed by atoms with E-state index in [2.05, 4.69) is 10.2 Å². The van der Waals surface area contributed by atoms with Gasteiger partial charge in [0.15, 0.2) is 0 Å². The third-order valence-electron chi connectivity index (χ3n) is 2.51. The molecule has 1 fully saturated rings. The summed E-state index contributed by atoms with van der Waals surface area (Å²) in [6.07, 6.45) is 1.66. The van der Waals surface area contributed by atoms with Crippen molar-refractivity contribution < 1.29 is 9.90 Å². The van der Waals surface area contributed by atoms with Gasteiger partial charge in [0.05, 0.1) is 0 Å². The maximum Gasteiger partial charge on any atom is 0.320 e. The molecule has 0 radical (unpaired) electrons. The molecule has 4 N–H and O–H groups in total. The van der Waals surface area contributed by atoms with Crippen LogP contribution in [0.3, 0.4) is 0 Å². The molecule has 0 aromatic heterocycles. The van der Waals surface area contributed by atoms with Crippen molar-refractivity contribution in [3.05, 3.63) is 0 Å². The minimum Gasteiger partial charge on any atom is -0.480 e. The molecule has 1 saturated heterocycles. The van der Waals surface area contributed by atoms with Crippen LogP contribution in [-0.4, -0.2) is 54.7 Å². The fourth-order valence-corrected chi connectivity index (χ4v) is 1.57. The normalized spacial score (nSPS) is 21.5. The Kier molecular flexibility index (Phi) is 4.86. The summed E-state index contributed by atoms with van der Waals surface area (Å²) in [6.45, 7) is 4.87. The Morgan fingerprint density at radius 1 is 1.50 bits per heavy atom. The molecule has 0 saturated carbocycles. The fourth-order valence-electron chi connectivity index (χ4n) is 1.57. The molecule has 1 rings (SSSR count). The average Bonchev–Trinajstić information content (AvgIpc) is 2.42. The van der Waals surface area contributed by atoms with E-state index in [-0.39, 0.29) is 0 Å². The standard InChI is InChI=1S/C9H19N3O2/c10-8(9(13)14)2-6-12-5-1-3-11-4-7-12/h8,11H,1-7,10H2,(H,13,14). The zero-order valence-electron chi connectivity index (χ0n) is 8.41. The van der Waals surface area contributed by atoms with E-state index in [4.69, 9.17) is 10.8 Å². The molecule has 0 spiro atoms. The Balaban J connectivity index is 2.18. The molecule has 0 aromatic rings. The van der Waals surface area contributed by atoms with Gasteiger partial charge in [0, 0.05) is 19.6 Å². The summed E-state index contributed by atoms with van der Waals surface area (Å²) in [6, 6.07) is -0.716. The highest BCUT2D eigenvalue weighted by Crippen LogP contribution is 1.98. The molecule has 1 unspecified atom stereocenters. The van der Waals surface area contributed by atoms with Crippen LogP contribution in [0.1, 0.15) is 12.8 Å². The van der Waals surface area contributed by atoms with Crippen molar-refractivity contribution in [3.63, 3.8) is 0 Å². The number of carboxylic acid groups (broad SMARTS) is 1. The van der Waals surface area contributed by atoms with Crippen molar-refractivity contribution >= 4 is 5.97 Å². The van der Waals surface area contributed by atoms with Crippen molar-refractivity contribution in [1.82, 2.24) is 10.2 Å². The van der Waals surface area contributed by atoms with E-state index in [0.717, 1.165) is 39.1 Å². The monoisotopic (exact) mass is 201 g/mol. The van der Waals surface area contributed by atoms with Crippen LogP contribution < -0.4 is 11.1 Å². The zero-order valence-corrected chi connectivity index (χ0v) is 8.41. The largest absolute Gasteiger partial charge is 0.480 e. The summed E-state index contributed by atoms with van der Waals surface area (Å²) in [5.74, 6) is -0.905. The van der Waals surface area contributed by atoms with E-state index in [1.165, 1.54) is 0 Å². The number of nitrogens with one attached hydrogen (secondary N) is 1. The van der Waals surface area contributed by atoms with E-state index in [1.54, 1.807) is 0 Å². The Morgan fingerprint density at radius 2 is 2.29 bits per heavy atom. The highest BCUT2D eigenvalue weighted by atomic mass is 16.4. The van der Waals surface area contributed by atoms with Crippen LogP contribution in [0.2, 0.25) is 0 Å². The number of rotatable bonds is 4. The summed E-state index contributed by atoms with van der Waals surface area (Å²) in [4.78, 5) is 12.8. The average molecular weight is 201 g/mol.